The highest BCUT2D eigenvalue weighted by Crippen LogP contribution is 2.41. The first-order valence-electron chi connectivity index (χ1n) is 7.78. The molecule has 1 saturated heterocycles. The van der Waals surface area contributed by atoms with Gasteiger partial charge < -0.3 is 10.1 Å². The summed E-state index contributed by atoms with van der Waals surface area (Å²) in [7, 11) is 0. The van der Waals surface area contributed by atoms with Crippen molar-refractivity contribution in [2.45, 2.75) is 31.7 Å². The maximum absolute atomic E-state index is 12.5. The number of β-lactam (4-membered cyclic amide) rings is 1. The highest BCUT2D eigenvalue weighted by Gasteiger charge is 2.54. The topological polar surface area (TPSA) is 101 Å². The van der Waals surface area contributed by atoms with Crippen LogP contribution in [0.3, 0.4) is 0 Å². The summed E-state index contributed by atoms with van der Waals surface area (Å²) in [4.78, 5) is 38.3. The second-order valence-corrected chi connectivity index (χ2v) is 11.8. The average molecular weight is 504 g/mol. The van der Waals surface area contributed by atoms with Crippen LogP contribution >= 0.6 is 69.7 Å². The van der Waals surface area contributed by atoms with Crippen LogP contribution in [0.2, 0.25) is 0 Å². The first-order chi connectivity index (χ1) is 13.2. The molecule has 3 heterocycles. The normalized spacial score (nSPS) is 24.1. The van der Waals surface area contributed by atoms with Crippen LogP contribution in [0, 0.1) is 0 Å². The molecule has 0 saturated carbocycles. The van der Waals surface area contributed by atoms with Gasteiger partial charge in [0.25, 0.3) is 5.91 Å². The Kier molecular flexibility index (Phi) is 7.04. The van der Waals surface area contributed by atoms with Crippen LogP contribution < -0.4 is 5.32 Å². The van der Waals surface area contributed by atoms with E-state index in [0.717, 1.165) is 0 Å². The SMILES string of the molecule is CC1C=C(C(=O)OCC(Cl)(Cl)Cl)N2C(=O)C(NC(=O)CSc3nncs3)[C@H]2S1. The van der Waals surface area contributed by atoms with E-state index in [4.69, 9.17) is 39.5 Å². The Balaban J connectivity index is 1.59. The lowest BCUT2D eigenvalue weighted by molar-refractivity contribution is -0.152. The fourth-order valence-electron chi connectivity index (χ4n) is 2.51. The molecule has 8 nitrogen and oxygen atoms in total. The van der Waals surface area contributed by atoms with Gasteiger partial charge in [0.1, 0.15) is 29.2 Å². The third kappa shape index (κ3) is 5.25. The fourth-order valence-corrected chi connectivity index (χ4v) is 5.30. The van der Waals surface area contributed by atoms with Gasteiger partial charge in [-0.15, -0.1) is 22.0 Å². The van der Waals surface area contributed by atoms with Gasteiger partial charge in [-0.2, -0.15) is 0 Å². The third-order valence-electron chi connectivity index (χ3n) is 3.61. The van der Waals surface area contributed by atoms with Gasteiger partial charge in [0.15, 0.2) is 4.34 Å². The van der Waals surface area contributed by atoms with Crippen LogP contribution in [-0.4, -0.2) is 65.7 Å². The highest BCUT2D eigenvalue weighted by molar-refractivity contribution is 8.01. The number of carbonyl (C=O) groups excluding carboxylic acids is 3. The van der Waals surface area contributed by atoms with E-state index in [1.54, 1.807) is 11.6 Å². The van der Waals surface area contributed by atoms with Gasteiger partial charge >= 0.3 is 5.97 Å². The number of thioether (sulfide) groups is 2. The number of nitrogens with one attached hydrogen (secondary N) is 1. The summed E-state index contributed by atoms with van der Waals surface area (Å²) in [5.41, 5.74) is 1.66. The number of carbonyl (C=O) groups is 3. The monoisotopic (exact) mass is 502 g/mol. The number of hydrogen-bond acceptors (Lipinski definition) is 9. The number of alkyl halides is 3. The molecule has 14 heteroatoms. The predicted octanol–water partition coefficient (Wildman–Crippen LogP) is 2.22. The summed E-state index contributed by atoms with van der Waals surface area (Å²) in [6, 6.07) is -0.723. The summed E-state index contributed by atoms with van der Waals surface area (Å²) < 4.78 is 3.90. The molecule has 2 aliphatic heterocycles. The van der Waals surface area contributed by atoms with Crippen LogP contribution in [0.15, 0.2) is 21.6 Å². The molecule has 0 bridgehead atoms. The Bertz CT molecular complexity index is 802. The second kappa shape index (κ2) is 8.97. The first-order valence-corrected chi connectivity index (χ1v) is 11.7. The lowest BCUT2D eigenvalue weighted by Crippen LogP contribution is -2.70. The van der Waals surface area contributed by atoms with Crippen molar-refractivity contribution >= 4 is 87.4 Å². The highest BCUT2D eigenvalue weighted by atomic mass is 35.6. The minimum atomic E-state index is -1.75. The third-order valence-corrected chi connectivity index (χ3v) is 7.12. The fraction of sp³-hybridized carbons (Fsp3) is 0.500. The van der Waals surface area contributed by atoms with Crippen LogP contribution in [0.5, 0.6) is 0 Å². The molecule has 1 aromatic rings. The number of rotatable bonds is 6. The number of hydrogen-bond donors (Lipinski definition) is 1. The molecule has 3 atom stereocenters. The quantitative estimate of drug-likeness (QED) is 0.273. The standard InChI is InChI=1S/C14H13Cl3N4O4S3/c1-6-2-7(12(24)25-4-14(15,16)17)21-10(23)9(11(21)28-6)19-8(22)3-26-13-20-18-5-27-13/h2,5-6,9,11H,3-4H2,1H3,(H,19,22)/t6?,9?,11-/m1/s1. The molecular formula is C14H13Cl3N4O4S3. The second-order valence-electron chi connectivity index (χ2n) is 5.72. The van der Waals surface area contributed by atoms with Crippen molar-refractivity contribution < 1.29 is 19.1 Å². The molecule has 0 aliphatic carbocycles. The van der Waals surface area contributed by atoms with E-state index in [9.17, 15) is 14.4 Å². The zero-order valence-electron chi connectivity index (χ0n) is 14.1. The van der Waals surface area contributed by atoms with E-state index in [1.807, 2.05) is 6.92 Å². The van der Waals surface area contributed by atoms with Gasteiger partial charge in [0.2, 0.25) is 9.70 Å². The van der Waals surface area contributed by atoms with E-state index >= 15 is 0 Å². The number of fused-ring (bicyclic) bond motifs is 1. The Hall–Kier alpha value is -0.720. The summed E-state index contributed by atoms with van der Waals surface area (Å²) in [6.45, 7) is 1.43. The Morgan fingerprint density at radius 3 is 2.82 bits per heavy atom. The number of halogens is 3. The molecular weight excluding hydrogens is 491 g/mol. The van der Waals surface area contributed by atoms with Crippen molar-refractivity contribution in [3.8, 4) is 0 Å². The van der Waals surface area contributed by atoms with E-state index in [2.05, 4.69) is 15.5 Å². The molecule has 2 unspecified atom stereocenters. The number of esters is 1. The first kappa shape index (κ1) is 22.0. The Morgan fingerprint density at radius 2 is 2.18 bits per heavy atom. The van der Waals surface area contributed by atoms with Crippen LogP contribution in [-0.2, 0) is 19.1 Å². The van der Waals surface area contributed by atoms with Gasteiger partial charge in [-0.1, -0.05) is 57.9 Å². The van der Waals surface area contributed by atoms with Crippen molar-refractivity contribution in [3.63, 3.8) is 0 Å². The van der Waals surface area contributed by atoms with Gasteiger partial charge in [-0.05, 0) is 13.0 Å². The lowest BCUT2D eigenvalue weighted by Gasteiger charge is -2.49. The van der Waals surface area contributed by atoms with Crippen LogP contribution in [0.25, 0.3) is 0 Å². The van der Waals surface area contributed by atoms with Crippen molar-refractivity contribution in [1.82, 2.24) is 20.4 Å². The lowest BCUT2D eigenvalue weighted by atomic mass is 10.0. The Morgan fingerprint density at radius 1 is 1.43 bits per heavy atom. The number of nitrogens with zero attached hydrogens (tertiary/aromatic N) is 3. The minimum Gasteiger partial charge on any atom is -0.456 e. The van der Waals surface area contributed by atoms with Gasteiger partial charge in [0.05, 0.1) is 5.75 Å². The zero-order chi connectivity index (χ0) is 20.5. The molecule has 0 radical (unpaired) electrons. The summed E-state index contributed by atoms with van der Waals surface area (Å²) in [6.07, 6.45) is 1.61. The molecule has 0 aromatic carbocycles. The molecule has 2 aliphatic rings. The van der Waals surface area contributed by atoms with Crippen LogP contribution in [0.4, 0.5) is 0 Å². The van der Waals surface area contributed by atoms with Crippen molar-refractivity contribution in [1.29, 1.82) is 0 Å². The van der Waals surface area contributed by atoms with Crippen molar-refractivity contribution in [2.24, 2.45) is 0 Å². The van der Waals surface area contributed by atoms with Crippen LogP contribution in [0.1, 0.15) is 6.92 Å². The predicted molar refractivity (Wildman–Crippen MR) is 110 cm³/mol. The summed E-state index contributed by atoms with van der Waals surface area (Å²) in [5.74, 6) is -1.34. The van der Waals surface area contributed by atoms with E-state index in [1.165, 1.54) is 39.8 Å². The molecule has 0 spiro atoms. The van der Waals surface area contributed by atoms with E-state index in [-0.39, 0.29) is 22.6 Å². The van der Waals surface area contributed by atoms with Gasteiger partial charge in [-0.25, -0.2) is 4.79 Å². The molecule has 1 N–H and O–H groups in total. The molecule has 2 amide bonds. The molecule has 28 heavy (non-hydrogen) atoms. The largest absolute Gasteiger partial charge is 0.456 e. The molecule has 3 rings (SSSR count). The maximum atomic E-state index is 12.5. The van der Waals surface area contributed by atoms with Crippen molar-refractivity contribution in [2.75, 3.05) is 12.4 Å². The summed E-state index contributed by atoms with van der Waals surface area (Å²) >= 11 is 20.8. The number of amides is 2. The van der Waals surface area contributed by atoms with E-state index in [0.29, 0.717) is 4.34 Å². The van der Waals surface area contributed by atoms with Gasteiger partial charge in [0, 0.05) is 5.25 Å². The number of aromatic nitrogens is 2. The van der Waals surface area contributed by atoms with Crippen molar-refractivity contribution in [3.05, 3.63) is 17.3 Å². The maximum Gasteiger partial charge on any atom is 0.354 e. The average Bonchev–Trinajstić information content (AvgIpc) is 3.14. The Labute approximate surface area is 187 Å². The smallest absolute Gasteiger partial charge is 0.354 e. The van der Waals surface area contributed by atoms with Gasteiger partial charge in [-0.3, -0.25) is 14.5 Å². The molecule has 1 aromatic heterocycles. The number of ether oxygens (including phenoxy) is 1. The minimum absolute atomic E-state index is 0.0696. The zero-order valence-corrected chi connectivity index (χ0v) is 18.9. The molecule has 152 valence electrons. The summed E-state index contributed by atoms with van der Waals surface area (Å²) in [5, 5.41) is 9.77. The van der Waals surface area contributed by atoms with E-state index < -0.39 is 33.7 Å². The molecule has 1 fully saturated rings.